The normalized spacial score (nSPS) is 13.6. The van der Waals surface area contributed by atoms with Crippen LogP contribution in [-0.2, 0) is 22.6 Å². The fraction of sp³-hybridized carbons (Fsp3) is 0.316. The molecule has 0 atom stereocenters. The SMILES string of the molecule is CCC(=O)NCc1cncc(-c2cc3c(cc2F)N(C)C(=O)CC3)c1. The summed E-state index contributed by atoms with van der Waals surface area (Å²) in [7, 11) is 1.66. The van der Waals surface area contributed by atoms with Crippen LogP contribution in [0.5, 0.6) is 0 Å². The summed E-state index contributed by atoms with van der Waals surface area (Å²) < 4.78 is 14.6. The molecule has 2 amide bonds. The lowest BCUT2D eigenvalue weighted by atomic mass is 9.96. The number of aryl methyl sites for hydroxylation is 1. The third-order valence-electron chi connectivity index (χ3n) is 4.43. The van der Waals surface area contributed by atoms with Gasteiger partial charge in [-0.2, -0.15) is 0 Å². The molecule has 0 radical (unpaired) electrons. The van der Waals surface area contributed by atoms with E-state index in [1.165, 1.54) is 11.0 Å². The molecule has 1 aliphatic heterocycles. The van der Waals surface area contributed by atoms with Crippen LogP contribution in [0.25, 0.3) is 11.1 Å². The van der Waals surface area contributed by atoms with Gasteiger partial charge < -0.3 is 10.2 Å². The van der Waals surface area contributed by atoms with Crippen molar-refractivity contribution in [2.75, 3.05) is 11.9 Å². The van der Waals surface area contributed by atoms with Crippen LogP contribution >= 0.6 is 0 Å². The van der Waals surface area contributed by atoms with Crippen molar-refractivity contribution >= 4 is 17.5 Å². The quantitative estimate of drug-likeness (QED) is 0.930. The molecular formula is C19H20FN3O2. The van der Waals surface area contributed by atoms with Gasteiger partial charge in [0.05, 0.1) is 0 Å². The number of rotatable bonds is 4. The summed E-state index contributed by atoms with van der Waals surface area (Å²) >= 11 is 0. The average Bonchev–Trinajstić information content (AvgIpc) is 2.63. The second kappa shape index (κ2) is 7.01. The Morgan fingerprint density at radius 3 is 2.84 bits per heavy atom. The molecule has 0 bridgehead atoms. The van der Waals surface area contributed by atoms with Crippen molar-refractivity contribution in [2.24, 2.45) is 0 Å². The van der Waals surface area contributed by atoms with Crippen LogP contribution in [0.1, 0.15) is 30.9 Å². The molecule has 0 saturated heterocycles. The zero-order valence-corrected chi connectivity index (χ0v) is 14.3. The van der Waals surface area contributed by atoms with Gasteiger partial charge in [-0.1, -0.05) is 6.92 Å². The lowest BCUT2D eigenvalue weighted by Gasteiger charge is -2.26. The van der Waals surface area contributed by atoms with Gasteiger partial charge in [-0.25, -0.2) is 4.39 Å². The van der Waals surface area contributed by atoms with Crippen LogP contribution in [0.4, 0.5) is 10.1 Å². The predicted molar refractivity (Wildman–Crippen MR) is 93.5 cm³/mol. The largest absolute Gasteiger partial charge is 0.352 e. The number of anilines is 1. The van der Waals surface area contributed by atoms with E-state index in [9.17, 15) is 14.0 Å². The summed E-state index contributed by atoms with van der Waals surface area (Å²) in [6.45, 7) is 2.14. The molecule has 0 saturated carbocycles. The number of halogens is 1. The number of carbonyl (C=O) groups excluding carboxylic acids is 2. The first-order valence-corrected chi connectivity index (χ1v) is 8.29. The lowest BCUT2D eigenvalue weighted by molar-refractivity contribution is -0.121. The van der Waals surface area contributed by atoms with Gasteiger partial charge in [0.1, 0.15) is 5.82 Å². The van der Waals surface area contributed by atoms with Crippen LogP contribution in [-0.4, -0.2) is 23.8 Å². The van der Waals surface area contributed by atoms with Crippen molar-refractivity contribution in [3.05, 3.63) is 47.5 Å². The van der Waals surface area contributed by atoms with E-state index in [0.29, 0.717) is 42.6 Å². The summed E-state index contributed by atoms with van der Waals surface area (Å²) in [5.41, 5.74) is 3.49. The predicted octanol–water partition coefficient (Wildman–Crippen LogP) is 2.82. The number of aromatic nitrogens is 1. The molecule has 3 rings (SSSR count). The molecule has 0 spiro atoms. The first-order chi connectivity index (χ1) is 12.0. The Labute approximate surface area is 145 Å². The zero-order chi connectivity index (χ0) is 18.0. The van der Waals surface area contributed by atoms with Crippen molar-refractivity contribution in [3.63, 3.8) is 0 Å². The van der Waals surface area contributed by atoms with E-state index in [-0.39, 0.29) is 11.8 Å². The van der Waals surface area contributed by atoms with Crippen molar-refractivity contribution in [1.29, 1.82) is 0 Å². The van der Waals surface area contributed by atoms with E-state index in [0.717, 1.165) is 11.1 Å². The third-order valence-corrected chi connectivity index (χ3v) is 4.43. The van der Waals surface area contributed by atoms with E-state index < -0.39 is 5.82 Å². The number of nitrogens with one attached hydrogen (secondary N) is 1. The second-order valence-corrected chi connectivity index (χ2v) is 6.13. The Bertz CT molecular complexity index is 835. The number of amides is 2. The minimum Gasteiger partial charge on any atom is -0.352 e. The van der Waals surface area contributed by atoms with E-state index in [4.69, 9.17) is 0 Å². The molecule has 0 aliphatic carbocycles. The first kappa shape index (κ1) is 17.1. The molecule has 1 aromatic heterocycles. The molecule has 0 unspecified atom stereocenters. The summed E-state index contributed by atoms with van der Waals surface area (Å²) in [5.74, 6) is -0.440. The van der Waals surface area contributed by atoms with E-state index >= 15 is 0 Å². The van der Waals surface area contributed by atoms with Gasteiger partial charge >= 0.3 is 0 Å². The second-order valence-electron chi connectivity index (χ2n) is 6.13. The topological polar surface area (TPSA) is 62.3 Å². The van der Waals surface area contributed by atoms with Gasteiger partial charge in [0, 0.05) is 55.6 Å². The Morgan fingerprint density at radius 1 is 1.28 bits per heavy atom. The van der Waals surface area contributed by atoms with E-state index in [1.807, 2.05) is 6.07 Å². The van der Waals surface area contributed by atoms with Crippen LogP contribution in [0.2, 0.25) is 0 Å². The minimum atomic E-state index is -0.392. The first-order valence-electron chi connectivity index (χ1n) is 8.29. The zero-order valence-electron chi connectivity index (χ0n) is 14.3. The molecule has 130 valence electrons. The Balaban J connectivity index is 1.92. The van der Waals surface area contributed by atoms with E-state index in [1.54, 1.807) is 32.4 Å². The molecule has 1 aromatic carbocycles. The summed E-state index contributed by atoms with van der Waals surface area (Å²) in [4.78, 5) is 28.8. The Morgan fingerprint density at radius 2 is 2.08 bits per heavy atom. The number of benzene rings is 1. The molecule has 1 N–H and O–H groups in total. The van der Waals surface area contributed by atoms with Gasteiger partial charge in [0.2, 0.25) is 11.8 Å². The Kier molecular flexibility index (Phi) is 4.79. The van der Waals surface area contributed by atoms with Crippen LogP contribution in [0.15, 0.2) is 30.6 Å². The molecule has 0 fully saturated rings. The smallest absolute Gasteiger partial charge is 0.227 e. The average molecular weight is 341 g/mol. The number of fused-ring (bicyclic) bond motifs is 1. The fourth-order valence-electron chi connectivity index (χ4n) is 2.94. The lowest BCUT2D eigenvalue weighted by Crippen LogP contribution is -2.31. The van der Waals surface area contributed by atoms with Crippen LogP contribution < -0.4 is 10.2 Å². The molecule has 2 aromatic rings. The number of hydrogen-bond donors (Lipinski definition) is 1. The van der Waals surface area contributed by atoms with Crippen molar-refractivity contribution in [1.82, 2.24) is 10.3 Å². The fourth-order valence-corrected chi connectivity index (χ4v) is 2.94. The van der Waals surface area contributed by atoms with Crippen LogP contribution in [0, 0.1) is 5.82 Å². The number of pyridine rings is 1. The maximum atomic E-state index is 14.6. The van der Waals surface area contributed by atoms with Gasteiger partial charge in [0.25, 0.3) is 0 Å². The van der Waals surface area contributed by atoms with Gasteiger partial charge in [-0.3, -0.25) is 14.6 Å². The number of nitrogens with zero attached hydrogens (tertiary/aromatic N) is 2. The van der Waals surface area contributed by atoms with Gasteiger partial charge in [0.15, 0.2) is 0 Å². The minimum absolute atomic E-state index is 0.00465. The molecule has 6 heteroatoms. The molecule has 2 heterocycles. The van der Waals surface area contributed by atoms with E-state index in [2.05, 4.69) is 10.3 Å². The van der Waals surface area contributed by atoms with Crippen molar-refractivity contribution in [3.8, 4) is 11.1 Å². The highest BCUT2D eigenvalue weighted by Gasteiger charge is 2.23. The highest BCUT2D eigenvalue weighted by atomic mass is 19.1. The van der Waals surface area contributed by atoms with Crippen molar-refractivity contribution in [2.45, 2.75) is 32.7 Å². The highest BCUT2D eigenvalue weighted by molar-refractivity contribution is 5.96. The monoisotopic (exact) mass is 341 g/mol. The van der Waals surface area contributed by atoms with Crippen LogP contribution in [0.3, 0.4) is 0 Å². The highest BCUT2D eigenvalue weighted by Crippen LogP contribution is 2.33. The van der Waals surface area contributed by atoms with Gasteiger partial charge in [-0.15, -0.1) is 0 Å². The number of carbonyl (C=O) groups is 2. The summed E-state index contributed by atoms with van der Waals surface area (Å²) in [5, 5.41) is 2.79. The molecule has 5 nitrogen and oxygen atoms in total. The molecule has 1 aliphatic rings. The molecule has 25 heavy (non-hydrogen) atoms. The summed E-state index contributed by atoms with van der Waals surface area (Å²) in [6.07, 6.45) is 4.70. The number of hydrogen-bond acceptors (Lipinski definition) is 3. The summed E-state index contributed by atoms with van der Waals surface area (Å²) in [6, 6.07) is 5.03. The van der Waals surface area contributed by atoms with Gasteiger partial charge in [-0.05, 0) is 35.7 Å². The maximum Gasteiger partial charge on any atom is 0.227 e. The third kappa shape index (κ3) is 3.52. The van der Waals surface area contributed by atoms with Crippen molar-refractivity contribution < 1.29 is 14.0 Å². The maximum absolute atomic E-state index is 14.6. The standard InChI is InChI=1S/C19H20FN3O2/c1-3-18(24)22-10-12-6-14(11-21-9-12)15-7-13-4-5-19(25)23(2)17(13)8-16(15)20/h6-9,11H,3-5,10H2,1-2H3,(H,22,24). The molecular weight excluding hydrogens is 321 g/mol. The Hall–Kier alpha value is -2.76.